The molecule has 6 nitrogen and oxygen atoms in total. The van der Waals surface area contributed by atoms with Crippen molar-refractivity contribution in [1.29, 1.82) is 0 Å². The lowest BCUT2D eigenvalue weighted by molar-refractivity contribution is -0.384. The molecular weight excluding hydrogens is 326 g/mol. The van der Waals surface area contributed by atoms with E-state index in [0.29, 0.717) is 18.0 Å². The zero-order chi connectivity index (χ0) is 17.2. The number of anilines is 1. The molecule has 1 heterocycles. The largest absolute Gasteiger partial charge is 0.369 e. The minimum atomic E-state index is -2.63. The predicted octanol–water partition coefficient (Wildman–Crippen LogP) is 2.41. The number of nitrogens with zero attached hydrogens (tertiary/aromatic N) is 3. The van der Waals surface area contributed by atoms with Crippen LogP contribution in [0.4, 0.5) is 11.4 Å². The highest BCUT2D eigenvalue weighted by Crippen LogP contribution is 2.22. The summed E-state index contributed by atoms with van der Waals surface area (Å²) in [5, 5.41) is 10.7. The number of hydrogen-bond donors (Lipinski definition) is 0. The Morgan fingerprint density at radius 3 is 2.08 bits per heavy atom. The Morgan fingerprint density at radius 2 is 1.54 bits per heavy atom. The zero-order valence-electron chi connectivity index (χ0n) is 13.2. The van der Waals surface area contributed by atoms with Crippen molar-refractivity contribution in [2.24, 2.45) is 0 Å². The predicted molar refractivity (Wildman–Crippen MR) is 96.9 cm³/mol. The van der Waals surface area contributed by atoms with Gasteiger partial charge in [-0.3, -0.25) is 10.1 Å². The number of rotatable bonds is 4. The van der Waals surface area contributed by atoms with Gasteiger partial charge in [0.1, 0.15) is 0 Å². The molecule has 0 spiro atoms. The third-order valence-electron chi connectivity index (χ3n) is 4.19. The lowest BCUT2D eigenvalue weighted by atomic mass is 10.2. The Kier molecular flexibility index (Phi) is 4.55. The fraction of sp³-hybridized carbons (Fsp3) is 0.235. The number of nitro benzene ring substituents is 1. The highest BCUT2D eigenvalue weighted by molar-refractivity contribution is 7.98. The van der Waals surface area contributed by atoms with Crippen molar-refractivity contribution in [3.05, 3.63) is 64.7 Å². The molecule has 1 fully saturated rings. The van der Waals surface area contributed by atoms with Crippen LogP contribution in [0.25, 0.3) is 0 Å². The van der Waals surface area contributed by atoms with Crippen molar-refractivity contribution in [3.8, 4) is 0 Å². The average molecular weight is 345 g/mol. The molecule has 1 aliphatic rings. The molecule has 0 saturated carbocycles. The molecule has 126 valence electrons. The molecule has 1 saturated heterocycles. The third kappa shape index (κ3) is 3.27. The molecule has 0 aliphatic carbocycles. The molecule has 1 atom stereocenters. The summed E-state index contributed by atoms with van der Waals surface area (Å²) in [5.74, 6) is 3.90. The van der Waals surface area contributed by atoms with Crippen LogP contribution in [-0.4, -0.2) is 45.5 Å². The van der Waals surface area contributed by atoms with E-state index in [9.17, 15) is 14.3 Å². The molecular formula is C17H19N3O3S. The Balaban J connectivity index is 1.72. The number of para-hydroxylation sites is 1. The molecule has 0 radical (unpaired) electrons. The molecule has 0 bridgehead atoms. The molecule has 1 aliphatic heterocycles. The van der Waals surface area contributed by atoms with Gasteiger partial charge in [0.2, 0.25) is 0 Å². The van der Waals surface area contributed by atoms with Crippen molar-refractivity contribution in [3.63, 3.8) is 0 Å². The van der Waals surface area contributed by atoms with E-state index in [1.165, 1.54) is 24.3 Å². The summed E-state index contributed by atoms with van der Waals surface area (Å²) in [7, 11) is -2.63. The lowest BCUT2D eigenvalue weighted by Crippen LogP contribution is -2.48. The molecule has 0 aromatic heterocycles. The first-order chi connectivity index (χ1) is 11.5. The van der Waals surface area contributed by atoms with Gasteiger partial charge in [0.05, 0.1) is 14.6 Å². The van der Waals surface area contributed by atoms with Gasteiger partial charge in [0.15, 0.2) is 0 Å². The van der Waals surface area contributed by atoms with E-state index < -0.39 is 14.6 Å². The highest BCUT2D eigenvalue weighted by atomic mass is 32.2. The molecule has 0 amide bonds. The molecule has 2 aromatic carbocycles. The number of benzene rings is 2. The Bertz CT molecular complexity index is 812. The minimum absolute atomic E-state index is 0.0113. The topological polar surface area (TPSA) is 66.7 Å². The van der Waals surface area contributed by atoms with Gasteiger partial charge in [-0.1, -0.05) is 18.2 Å². The molecule has 7 heteroatoms. The number of hydrogen-bond acceptors (Lipinski definition) is 4. The number of non-ortho nitro benzene ring substituents is 1. The number of nitro groups is 1. The maximum absolute atomic E-state index is 13.1. The second-order valence-electron chi connectivity index (χ2n) is 5.64. The lowest BCUT2D eigenvalue weighted by Gasteiger charge is -2.37. The van der Waals surface area contributed by atoms with Gasteiger partial charge in [-0.2, -0.15) is 0 Å². The second kappa shape index (κ2) is 6.62. The highest BCUT2D eigenvalue weighted by Gasteiger charge is 2.24. The summed E-state index contributed by atoms with van der Waals surface area (Å²) in [6.45, 7) is 2.80. The third-order valence-corrected chi connectivity index (χ3v) is 6.40. The SMILES string of the molecule is C=S(=O)(c1ccc([N+](=O)[O-])cc1)N1CCN(c2ccccc2)CC1. The Morgan fingerprint density at radius 1 is 0.958 bits per heavy atom. The fourth-order valence-electron chi connectivity index (χ4n) is 2.81. The van der Waals surface area contributed by atoms with Gasteiger partial charge in [0.25, 0.3) is 5.69 Å². The quantitative estimate of drug-likeness (QED) is 0.485. The summed E-state index contributed by atoms with van der Waals surface area (Å²) in [6.07, 6.45) is 0. The zero-order valence-corrected chi connectivity index (χ0v) is 14.0. The van der Waals surface area contributed by atoms with E-state index in [-0.39, 0.29) is 5.69 Å². The van der Waals surface area contributed by atoms with Gasteiger partial charge in [-0.25, -0.2) is 8.51 Å². The summed E-state index contributed by atoms with van der Waals surface area (Å²) in [5.41, 5.74) is 1.14. The monoisotopic (exact) mass is 345 g/mol. The first-order valence-electron chi connectivity index (χ1n) is 7.65. The summed E-state index contributed by atoms with van der Waals surface area (Å²) < 4.78 is 15.0. The molecule has 1 unspecified atom stereocenters. The number of piperazine rings is 1. The summed E-state index contributed by atoms with van der Waals surface area (Å²) in [4.78, 5) is 13.1. The molecule has 2 aromatic rings. The maximum Gasteiger partial charge on any atom is 0.269 e. The first kappa shape index (κ1) is 16.5. The van der Waals surface area contributed by atoms with Gasteiger partial charge >= 0.3 is 0 Å². The van der Waals surface area contributed by atoms with Crippen molar-refractivity contribution in [1.82, 2.24) is 4.31 Å². The van der Waals surface area contributed by atoms with Crippen LogP contribution in [0, 0.1) is 10.1 Å². The van der Waals surface area contributed by atoms with Gasteiger partial charge < -0.3 is 4.90 Å². The molecule has 0 N–H and O–H groups in total. The standard InChI is InChI=1S/C17H19N3O3S/c1-24(23,17-9-7-16(8-10-17)20(21)22)19-13-11-18(12-14-19)15-5-3-2-4-6-15/h2-10H,1,11-14H2. The van der Waals surface area contributed by atoms with E-state index in [0.717, 1.165) is 18.8 Å². The van der Waals surface area contributed by atoms with E-state index >= 15 is 0 Å². The minimum Gasteiger partial charge on any atom is -0.369 e. The first-order valence-corrected chi connectivity index (χ1v) is 9.34. The maximum atomic E-state index is 13.1. The van der Waals surface area contributed by atoms with Crippen LogP contribution in [0.3, 0.4) is 0 Å². The van der Waals surface area contributed by atoms with Crippen LogP contribution in [0.15, 0.2) is 59.5 Å². The van der Waals surface area contributed by atoms with Crippen molar-refractivity contribution in [2.75, 3.05) is 31.1 Å². The average Bonchev–Trinajstić information content (AvgIpc) is 2.62. The molecule has 24 heavy (non-hydrogen) atoms. The van der Waals surface area contributed by atoms with Crippen LogP contribution in [0.2, 0.25) is 0 Å². The van der Waals surface area contributed by atoms with Crippen LogP contribution in [0.5, 0.6) is 0 Å². The van der Waals surface area contributed by atoms with Crippen molar-refractivity contribution in [2.45, 2.75) is 4.90 Å². The Labute approximate surface area is 141 Å². The fourth-order valence-corrected chi connectivity index (χ4v) is 4.42. The summed E-state index contributed by atoms with van der Waals surface area (Å²) in [6, 6.07) is 15.9. The Hall–Kier alpha value is -2.38. The smallest absolute Gasteiger partial charge is 0.269 e. The van der Waals surface area contributed by atoms with E-state index in [1.54, 1.807) is 0 Å². The molecule has 3 rings (SSSR count). The van der Waals surface area contributed by atoms with Gasteiger partial charge in [-0.05, 0) is 30.1 Å². The van der Waals surface area contributed by atoms with E-state index in [2.05, 4.69) is 22.9 Å². The van der Waals surface area contributed by atoms with Crippen LogP contribution < -0.4 is 4.90 Å². The normalized spacial score (nSPS) is 18.1. The van der Waals surface area contributed by atoms with E-state index in [4.69, 9.17) is 0 Å². The van der Waals surface area contributed by atoms with Gasteiger partial charge in [-0.15, -0.1) is 0 Å². The van der Waals surface area contributed by atoms with Crippen LogP contribution in [-0.2, 0) is 9.71 Å². The summed E-state index contributed by atoms with van der Waals surface area (Å²) >= 11 is 0. The van der Waals surface area contributed by atoms with Crippen molar-refractivity contribution < 1.29 is 9.13 Å². The van der Waals surface area contributed by atoms with Crippen LogP contribution in [0.1, 0.15) is 0 Å². The van der Waals surface area contributed by atoms with Crippen molar-refractivity contribution >= 4 is 27.0 Å². The van der Waals surface area contributed by atoms with Gasteiger partial charge in [0, 0.05) is 48.9 Å². The van der Waals surface area contributed by atoms with E-state index in [1.807, 2.05) is 22.5 Å². The van der Waals surface area contributed by atoms with Crippen LogP contribution >= 0.6 is 0 Å². The second-order valence-corrected chi connectivity index (χ2v) is 7.91.